The zero-order valence-electron chi connectivity index (χ0n) is 14.4. The van der Waals surface area contributed by atoms with E-state index in [1.807, 2.05) is 19.1 Å². The highest BCUT2D eigenvalue weighted by molar-refractivity contribution is 5.45. The van der Waals surface area contributed by atoms with Crippen molar-refractivity contribution in [3.8, 4) is 11.8 Å². The molecule has 0 radical (unpaired) electrons. The number of halogens is 4. The fourth-order valence-electron chi connectivity index (χ4n) is 2.65. The predicted molar refractivity (Wildman–Crippen MR) is 91.6 cm³/mol. The molecule has 0 aliphatic carbocycles. The Labute approximate surface area is 154 Å². The Morgan fingerprint density at radius 3 is 2.15 bits per heavy atom. The van der Waals surface area contributed by atoms with Crippen LogP contribution in [-0.4, -0.2) is 13.2 Å². The van der Waals surface area contributed by atoms with Crippen LogP contribution in [0, 0.1) is 41.0 Å². The van der Waals surface area contributed by atoms with Crippen LogP contribution in [0.3, 0.4) is 0 Å². The molecule has 0 amide bonds. The molecule has 0 atom stereocenters. The van der Waals surface area contributed by atoms with Gasteiger partial charge in [-0.2, -0.15) is 0 Å². The first kappa shape index (κ1) is 19.2. The van der Waals surface area contributed by atoms with Gasteiger partial charge in [-0.15, -0.1) is 0 Å². The van der Waals surface area contributed by atoms with Crippen molar-refractivity contribution in [2.24, 2.45) is 5.92 Å². The van der Waals surface area contributed by atoms with Crippen LogP contribution in [0.5, 0.6) is 0 Å². The molecule has 1 saturated heterocycles. The van der Waals surface area contributed by atoms with E-state index in [9.17, 15) is 17.6 Å². The molecule has 0 bridgehead atoms. The number of benzene rings is 2. The Morgan fingerprint density at radius 1 is 0.889 bits per heavy atom. The summed E-state index contributed by atoms with van der Waals surface area (Å²) in [5, 5.41) is 0. The standard InChI is InChI=1S/C21H16F4O2/c1-2-3-14-11-26-21(27-12-14)15-9-18(23)16(19(24)10-15)6-4-13-5-7-17(22)20(25)8-13/h2-3,5,7-10,14,21H,11-12H2,1H3/t14-,21-. The van der Waals surface area contributed by atoms with Crippen molar-refractivity contribution in [3.63, 3.8) is 0 Å². The minimum Gasteiger partial charge on any atom is -0.348 e. The average Bonchev–Trinajstić information content (AvgIpc) is 2.64. The molecule has 27 heavy (non-hydrogen) atoms. The predicted octanol–water partition coefficient (Wildman–Crippen LogP) is 4.88. The quantitative estimate of drug-likeness (QED) is 0.423. The molecule has 0 saturated carbocycles. The van der Waals surface area contributed by atoms with Gasteiger partial charge in [-0.3, -0.25) is 0 Å². The van der Waals surface area contributed by atoms with E-state index in [4.69, 9.17) is 9.47 Å². The lowest BCUT2D eigenvalue weighted by atomic mass is 10.1. The smallest absolute Gasteiger partial charge is 0.184 e. The first-order valence-electron chi connectivity index (χ1n) is 8.30. The third-order valence-corrected chi connectivity index (χ3v) is 3.98. The summed E-state index contributed by atoms with van der Waals surface area (Å²) in [5.41, 5.74) is -0.154. The molecule has 2 nitrogen and oxygen atoms in total. The van der Waals surface area contributed by atoms with Gasteiger partial charge in [-0.25, -0.2) is 17.6 Å². The SMILES string of the molecule is CC=C[C@H]1CO[C@H](c2cc(F)c(C#Cc3ccc(F)c(F)c3)c(F)c2)OC1. The van der Waals surface area contributed by atoms with Gasteiger partial charge in [-0.05, 0) is 37.3 Å². The Morgan fingerprint density at radius 2 is 1.56 bits per heavy atom. The Hall–Kier alpha value is -2.62. The molecule has 2 aromatic carbocycles. The number of hydrogen-bond donors (Lipinski definition) is 0. The first-order valence-corrected chi connectivity index (χ1v) is 8.30. The molecule has 1 aliphatic heterocycles. The molecule has 0 aromatic heterocycles. The van der Waals surface area contributed by atoms with E-state index in [0.717, 1.165) is 24.3 Å². The fraction of sp³-hybridized carbons (Fsp3) is 0.238. The molecule has 0 spiro atoms. The number of allylic oxidation sites excluding steroid dienone is 1. The van der Waals surface area contributed by atoms with Crippen LogP contribution >= 0.6 is 0 Å². The normalized spacial score (nSPS) is 19.7. The van der Waals surface area contributed by atoms with Gasteiger partial charge in [0.2, 0.25) is 0 Å². The van der Waals surface area contributed by atoms with Gasteiger partial charge in [-0.1, -0.05) is 24.0 Å². The third kappa shape index (κ3) is 4.57. The van der Waals surface area contributed by atoms with E-state index in [0.29, 0.717) is 13.2 Å². The topological polar surface area (TPSA) is 18.5 Å². The van der Waals surface area contributed by atoms with Crippen molar-refractivity contribution >= 4 is 0 Å². The van der Waals surface area contributed by atoms with Crippen LogP contribution in [0.4, 0.5) is 17.6 Å². The van der Waals surface area contributed by atoms with Crippen LogP contribution < -0.4 is 0 Å². The molecule has 3 rings (SSSR count). The van der Waals surface area contributed by atoms with Gasteiger partial charge >= 0.3 is 0 Å². The van der Waals surface area contributed by atoms with E-state index in [-0.39, 0.29) is 17.0 Å². The van der Waals surface area contributed by atoms with E-state index in [1.54, 1.807) is 0 Å². The van der Waals surface area contributed by atoms with E-state index >= 15 is 0 Å². The molecular weight excluding hydrogens is 360 g/mol. The van der Waals surface area contributed by atoms with Crippen LogP contribution in [-0.2, 0) is 9.47 Å². The Kier molecular flexibility index (Phi) is 5.94. The monoisotopic (exact) mass is 376 g/mol. The van der Waals surface area contributed by atoms with Gasteiger partial charge in [0.05, 0.1) is 18.8 Å². The van der Waals surface area contributed by atoms with Gasteiger partial charge in [0.1, 0.15) is 11.6 Å². The second kappa shape index (κ2) is 8.38. The molecule has 6 heteroatoms. The second-order valence-electron chi connectivity index (χ2n) is 6.02. The lowest BCUT2D eigenvalue weighted by Crippen LogP contribution is -2.26. The third-order valence-electron chi connectivity index (χ3n) is 3.98. The molecule has 0 unspecified atom stereocenters. The summed E-state index contributed by atoms with van der Waals surface area (Å²) in [4.78, 5) is 0. The van der Waals surface area contributed by atoms with Crippen molar-refractivity contribution in [1.29, 1.82) is 0 Å². The lowest BCUT2D eigenvalue weighted by molar-refractivity contribution is -0.197. The maximum Gasteiger partial charge on any atom is 0.184 e. The van der Waals surface area contributed by atoms with Crippen LogP contribution in [0.25, 0.3) is 0 Å². The summed E-state index contributed by atoms with van der Waals surface area (Å²) in [6.07, 6.45) is 2.97. The minimum atomic E-state index is -1.08. The highest BCUT2D eigenvalue weighted by atomic mass is 19.2. The van der Waals surface area contributed by atoms with Crippen molar-refractivity contribution in [1.82, 2.24) is 0 Å². The number of hydrogen-bond acceptors (Lipinski definition) is 2. The molecule has 1 aliphatic rings. The van der Waals surface area contributed by atoms with E-state index < -0.39 is 35.1 Å². The molecular formula is C21H16F4O2. The summed E-state index contributed by atoms with van der Waals surface area (Å²) >= 11 is 0. The maximum atomic E-state index is 14.3. The minimum absolute atomic E-state index is 0.0992. The van der Waals surface area contributed by atoms with E-state index in [1.165, 1.54) is 6.07 Å². The van der Waals surface area contributed by atoms with Gasteiger partial charge in [0, 0.05) is 17.0 Å². The van der Waals surface area contributed by atoms with Crippen molar-refractivity contribution in [2.75, 3.05) is 13.2 Å². The van der Waals surface area contributed by atoms with E-state index in [2.05, 4.69) is 11.8 Å². The lowest BCUT2D eigenvalue weighted by Gasteiger charge is -2.28. The molecule has 0 N–H and O–H groups in total. The van der Waals surface area contributed by atoms with Gasteiger partial charge in [0.25, 0.3) is 0 Å². The van der Waals surface area contributed by atoms with Crippen LogP contribution in [0.15, 0.2) is 42.5 Å². The second-order valence-corrected chi connectivity index (χ2v) is 6.02. The molecule has 140 valence electrons. The summed E-state index contributed by atoms with van der Waals surface area (Å²) in [7, 11) is 0. The van der Waals surface area contributed by atoms with Crippen LogP contribution in [0.1, 0.15) is 29.9 Å². The van der Waals surface area contributed by atoms with Crippen molar-refractivity contribution < 1.29 is 27.0 Å². The largest absolute Gasteiger partial charge is 0.348 e. The summed E-state index contributed by atoms with van der Waals surface area (Å²) in [6.45, 7) is 2.66. The van der Waals surface area contributed by atoms with Gasteiger partial charge in [0.15, 0.2) is 17.9 Å². The Balaban J connectivity index is 1.80. The fourth-order valence-corrected chi connectivity index (χ4v) is 2.65. The number of rotatable bonds is 2. The first-order chi connectivity index (χ1) is 13.0. The number of ether oxygens (including phenoxy) is 2. The summed E-state index contributed by atoms with van der Waals surface area (Å²) in [5.74, 6) is 0.963. The highest BCUT2D eigenvalue weighted by Crippen LogP contribution is 2.28. The zero-order valence-corrected chi connectivity index (χ0v) is 14.4. The molecule has 1 heterocycles. The maximum absolute atomic E-state index is 14.3. The highest BCUT2D eigenvalue weighted by Gasteiger charge is 2.24. The van der Waals surface area contributed by atoms with Crippen molar-refractivity contribution in [3.05, 3.63) is 82.4 Å². The Bertz CT molecular complexity index is 897. The summed E-state index contributed by atoms with van der Waals surface area (Å²) < 4.78 is 65.7. The zero-order chi connectivity index (χ0) is 19.4. The van der Waals surface area contributed by atoms with Crippen LogP contribution in [0.2, 0.25) is 0 Å². The average molecular weight is 376 g/mol. The van der Waals surface area contributed by atoms with Crippen molar-refractivity contribution in [2.45, 2.75) is 13.2 Å². The molecule has 2 aromatic rings. The van der Waals surface area contributed by atoms with Gasteiger partial charge < -0.3 is 9.47 Å². The molecule has 1 fully saturated rings. The summed E-state index contributed by atoms with van der Waals surface area (Å²) in [6, 6.07) is 5.17.